The predicted molar refractivity (Wildman–Crippen MR) is 250 cm³/mol. The number of carbonyl (C=O) groups is 3. The van der Waals surface area contributed by atoms with Crippen LogP contribution in [0.5, 0.6) is 0 Å². The van der Waals surface area contributed by atoms with Crippen molar-refractivity contribution in [1.29, 1.82) is 0 Å². The minimum absolute atomic E-state index is 0.139. The van der Waals surface area contributed by atoms with Crippen molar-refractivity contribution < 1.29 is 47.8 Å². The van der Waals surface area contributed by atoms with Gasteiger partial charge in [0.15, 0.2) is 6.04 Å². The Morgan fingerprint density at radius 1 is 0.508 bits per heavy atom. The molecular formula is C49H94NO10P. The Balaban J connectivity index is 3.78. The molecule has 0 heterocycles. The van der Waals surface area contributed by atoms with Gasteiger partial charge < -0.3 is 25.2 Å². The Morgan fingerprint density at radius 2 is 0.852 bits per heavy atom. The van der Waals surface area contributed by atoms with Gasteiger partial charge >= 0.3 is 19.8 Å². The molecule has 12 heteroatoms. The first-order chi connectivity index (χ1) is 29.6. The molecule has 360 valence electrons. The SMILES string of the molecule is CCCCCCCC/C=C\CCCCCCCC(=O)NC(COP(=O)(O)OCC(O)COC(=O)CCCCCCCCCCCCCCCCCCCCCCCC)C(=O)O. The average molecular weight is 888 g/mol. The molecule has 0 aromatic heterocycles. The molecule has 0 aliphatic rings. The lowest BCUT2D eigenvalue weighted by Gasteiger charge is -2.18. The van der Waals surface area contributed by atoms with Gasteiger partial charge in [0.2, 0.25) is 5.91 Å². The first-order valence-corrected chi connectivity index (χ1v) is 26.7. The van der Waals surface area contributed by atoms with Gasteiger partial charge in [0.1, 0.15) is 12.7 Å². The van der Waals surface area contributed by atoms with E-state index in [9.17, 15) is 34.1 Å². The fraction of sp³-hybridized carbons (Fsp3) is 0.898. The number of amides is 1. The molecule has 0 saturated carbocycles. The lowest BCUT2D eigenvalue weighted by Crippen LogP contribution is -2.43. The normalized spacial score (nSPS) is 13.6. The Bertz CT molecular complexity index is 1090. The number of phosphoric acid groups is 1. The second kappa shape index (κ2) is 44.8. The number of carbonyl (C=O) groups excluding carboxylic acids is 2. The minimum Gasteiger partial charge on any atom is -0.480 e. The molecular weight excluding hydrogens is 794 g/mol. The molecule has 3 unspecified atom stereocenters. The maximum atomic E-state index is 12.3. The van der Waals surface area contributed by atoms with E-state index in [4.69, 9.17) is 13.8 Å². The van der Waals surface area contributed by atoms with Gasteiger partial charge in [-0.1, -0.05) is 212 Å². The molecule has 61 heavy (non-hydrogen) atoms. The number of aliphatic hydroxyl groups is 1. The third-order valence-electron chi connectivity index (χ3n) is 11.3. The zero-order chi connectivity index (χ0) is 44.9. The minimum atomic E-state index is -4.76. The standard InChI is InChI=1S/C49H94NO10P/c1-3-5-7-9-11-13-15-17-19-20-21-22-23-24-25-27-29-31-33-35-37-39-41-48(53)58-42-45(51)43-59-61(56,57)60-44-46(49(54)55)50-47(52)40-38-36-34-32-30-28-26-18-16-14-12-10-8-6-4-2/h18,26,45-46,51H,3-17,19-25,27-44H2,1-2H3,(H,50,52)(H,54,55)(H,56,57)/b26-18-. The van der Waals surface area contributed by atoms with Crippen molar-refractivity contribution in [2.24, 2.45) is 0 Å². The summed E-state index contributed by atoms with van der Waals surface area (Å²) in [6.07, 6.45) is 46.7. The number of aliphatic hydroxyl groups excluding tert-OH is 1. The first kappa shape index (κ1) is 59.2. The van der Waals surface area contributed by atoms with Crippen LogP contribution in [0.1, 0.15) is 251 Å². The summed E-state index contributed by atoms with van der Waals surface area (Å²) in [6, 6.07) is -1.55. The largest absolute Gasteiger partial charge is 0.480 e. The molecule has 0 aromatic carbocycles. The number of ether oxygens (including phenoxy) is 1. The Hall–Kier alpha value is -1.78. The van der Waals surface area contributed by atoms with Crippen molar-refractivity contribution in [3.8, 4) is 0 Å². The number of esters is 1. The summed E-state index contributed by atoms with van der Waals surface area (Å²) in [5, 5.41) is 21.9. The first-order valence-electron chi connectivity index (χ1n) is 25.2. The molecule has 0 aromatic rings. The van der Waals surface area contributed by atoms with Gasteiger partial charge in [0.25, 0.3) is 0 Å². The number of hydrogen-bond donors (Lipinski definition) is 4. The topological polar surface area (TPSA) is 169 Å². The highest BCUT2D eigenvalue weighted by molar-refractivity contribution is 7.47. The summed E-state index contributed by atoms with van der Waals surface area (Å²) in [6.45, 7) is 2.62. The van der Waals surface area contributed by atoms with Crippen LogP contribution in [0.2, 0.25) is 0 Å². The number of nitrogens with one attached hydrogen (secondary N) is 1. The van der Waals surface area contributed by atoms with Crippen molar-refractivity contribution in [3.63, 3.8) is 0 Å². The number of carboxylic acid groups (broad SMARTS) is 1. The maximum Gasteiger partial charge on any atom is 0.472 e. The van der Waals surface area contributed by atoms with E-state index in [-0.39, 0.29) is 12.8 Å². The molecule has 0 rings (SSSR count). The van der Waals surface area contributed by atoms with Crippen LogP contribution in [-0.4, -0.2) is 64.9 Å². The number of allylic oxidation sites excluding steroid dienone is 2. The number of rotatable bonds is 48. The average Bonchev–Trinajstić information content (AvgIpc) is 3.24. The van der Waals surface area contributed by atoms with Crippen molar-refractivity contribution in [2.45, 2.75) is 264 Å². The van der Waals surface area contributed by atoms with Gasteiger partial charge in [0.05, 0.1) is 13.2 Å². The van der Waals surface area contributed by atoms with E-state index < -0.39 is 57.6 Å². The second-order valence-corrected chi connectivity index (χ2v) is 18.8. The number of hydrogen-bond acceptors (Lipinski definition) is 8. The van der Waals surface area contributed by atoms with Crippen molar-refractivity contribution in [2.75, 3.05) is 19.8 Å². The zero-order valence-electron chi connectivity index (χ0n) is 39.2. The Labute approximate surface area is 373 Å². The molecule has 0 aliphatic heterocycles. The summed E-state index contributed by atoms with van der Waals surface area (Å²) in [7, 11) is -4.76. The van der Waals surface area contributed by atoms with Crippen LogP contribution in [0.25, 0.3) is 0 Å². The Morgan fingerprint density at radius 3 is 1.25 bits per heavy atom. The Kier molecular flexibility index (Phi) is 43.5. The van der Waals surface area contributed by atoms with E-state index in [0.29, 0.717) is 12.8 Å². The highest BCUT2D eigenvalue weighted by Crippen LogP contribution is 2.43. The monoisotopic (exact) mass is 888 g/mol. The third-order valence-corrected chi connectivity index (χ3v) is 12.3. The molecule has 0 aliphatic carbocycles. The predicted octanol–water partition coefficient (Wildman–Crippen LogP) is 13.6. The van der Waals surface area contributed by atoms with E-state index in [2.05, 4.69) is 31.3 Å². The molecule has 0 spiro atoms. The number of unbranched alkanes of at least 4 members (excludes halogenated alkanes) is 32. The van der Waals surface area contributed by atoms with Gasteiger partial charge in [-0.15, -0.1) is 0 Å². The number of phosphoric ester groups is 1. The molecule has 0 radical (unpaired) electrons. The van der Waals surface area contributed by atoms with Gasteiger partial charge in [-0.05, 0) is 38.5 Å². The van der Waals surface area contributed by atoms with Crippen LogP contribution in [0.3, 0.4) is 0 Å². The lowest BCUT2D eigenvalue weighted by atomic mass is 10.0. The number of carboxylic acids is 1. The van der Waals surface area contributed by atoms with Crippen molar-refractivity contribution >= 4 is 25.7 Å². The van der Waals surface area contributed by atoms with Crippen LogP contribution >= 0.6 is 7.82 Å². The maximum absolute atomic E-state index is 12.3. The van der Waals surface area contributed by atoms with E-state index in [1.807, 2.05) is 0 Å². The van der Waals surface area contributed by atoms with Gasteiger partial charge in [0, 0.05) is 12.8 Å². The summed E-state index contributed by atoms with van der Waals surface area (Å²) in [4.78, 5) is 46.0. The fourth-order valence-electron chi connectivity index (χ4n) is 7.37. The van der Waals surface area contributed by atoms with E-state index >= 15 is 0 Å². The van der Waals surface area contributed by atoms with Crippen molar-refractivity contribution in [1.82, 2.24) is 5.32 Å². The van der Waals surface area contributed by atoms with Crippen LogP contribution in [0.15, 0.2) is 12.2 Å². The molecule has 0 bridgehead atoms. The van der Waals surface area contributed by atoms with Crippen LogP contribution in [-0.2, 0) is 32.7 Å². The molecule has 11 nitrogen and oxygen atoms in total. The smallest absolute Gasteiger partial charge is 0.472 e. The zero-order valence-corrected chi connectivity index (χ0v) is 40.1. The van der Waals surface area contributed by atoms with Gasteiger partial charge in [-0.2, -0.15) is 0 Å². The van der Waals surface area contributed by atoms with Crippen LogP contribution in [0.4, 0.5) is 0 Å². The number of aliphatic carboxylic acids is 1. The third kappa shape index (κ3) is 44.6. The van der Waals surface area contributed by atoms with Crippen LogP contribution < -0.4 is 5.32 Å². The second-order valence-electron chi connectivity index (χ2n) is 17.4. The molecule has 4 N–H and O–H groups in total. The van der Waals surface area contributed by atoms with Crippen LogP contribution in [0, 0.1) is 0 Å². The summed E-state index contributed by atoms with van der Waals surface area (Å²) < 4.78 is 26.9. The highest BCUT2D eigenvalue weighted by atomic mass is 31.2. The molecule has 1 amide bonds. The van der Waals surface area contributed by atoms with Gasteiger partial charge in [-0.25, -0.2) is 9.36 Å². The quantitative estimate of drug-likeness (QED) is 0.0200. The summed E-state index contributed by atoms with van der Waals surface area (Å²) >= 11 is 0. The van der Waals surface area contributed by atoms with E-state index in [1.165, 1.54) is 154 Å². The van der Waals surface area contributed by atoms with Gasteiger partial charge in [-0.3, -0.25) is 18.6 Å². The molecule has 0 saturated heterocycles. The van der Waals surface area contributed by atoms with Crippen molar-refractivity contribution in [3.05, 3.63) is 12.2 Å². The van der Waals surface area contributed by atoms with E-state index in [0.717, 1.165) is 57.8 Å². The summed E-state index contributed by atoms with van der Waals surface area (Å²) in [5.41, 5.74) is 0. The lowest BCUT2D eigenvalue weighted by molar-refractivity contribution is -0.147. The molecule has 0 fully saturated rings. The highest BCUT2D eigenvalue weighted by Gasteiger charge is 2.28. The fourth-order valence-corrected chi connectivity index (χ4v) is 8.14. The molecule has 3 atom stereocenters. The summed E-state index contributed by atoms with van der Waals surface area (Å²) in [5.74, 6) is -2.37. The van der Waals surface area contributed by atoms with E-state index in [1.54, 1.807) is 0 Å².